The minimum absolute atomic E-state index is 0.433. The van der Waals surface area contributed by atoms with Crippen molar-refractivity contribution in [1.29, 1.82) is 0 Å². The van der Waals surface area contributed by atoms with E-state index in [4.69, 9.17) is 0 Å². The predicted molar refractivity (Wildman–Crippen MR) is 175 cm³/mol. The largest absolute Gasteiger partial charge is 0.451 e. The summed E-state index contributed by atoms with van der Waals surface area (Å²) in [6.07, 6.45) is 19.0. The molecule has 5 aliphatic rings. The molecule has 1 atom stereocenters. The van der Waals surface area contributed by atoms with Crippen LogP contribution in [0.5, 0.6) is 0 Å². The number of nitrogens with zero attached hydrogens (tertiary/aromatic N) is 3. The van der Waals surface area contributed by atoms with Crippen molar-refractivity contribution in [1.82, 2.24) is 9.55 Å². The monoisotopic (exact) mass is 560 g/mol. The van der Waals surface area contributed by atoms with E-state index in [2.05, 4.69) is 105 Å². The summed E-state index contributed by atoms with van der Waals surface area (Å²) < 4.78 is 8.14. The van der Waals surface area contributed by atoms with Gasteiger partial charge in [-0.2, -0.15) is 0 Å². The number of hydrogen-bond acceptors (Lipinski definition) is 0. The molecule has 0 saturated heterocycles. The van der Waals surface area contributed by atoms with E-state index in [0.717, 1.165) is 51.4 Å². The zero-order valence-electron chi connectivity index (χ0n) is 27.3. The van der Waals surface area contributed by atoms with E-state index in [9.17, 15) is 0 Å². The second kappa shape index (κ2) is 9.56. The molecule has 218 valence electrons. The van der Waals surface area contributed by atoms with Crippen LogP contribution in [0.25, 0.3) is 18.2 Å². The van der Waals surface area contributed by atoms with E-state index >= 15 is 0 Å². The highest BCUT2D eigenvalue weighted by atomic mass is 15.5. The third-order valence-corrected chi connectivity index (χ3v) is 10.7. The van der Waals surface area contributed by atoms with Crippen molar-refractivity contribution in [3.8, 4) is 0 Å². The van der Waals surface area contributed by atoms with Crippen LogP contribution in [0, 0.1) is 13.8 Å². The molecule has 2 aromatic heterocycles. The maximum Gasteiger partial charge on any atom is 0.451 e. The van der Waals surface area contributed by atoms with Crippen molar-refractivity contribution in [3.63, 3.8) is 0 Å². The van der Waals surface area contributed by atoms with E-state index < -0.39 is 5.79 Å². The van der Waals surface area contributed by atoms with Gasteiger partial charge in [-0.05, 0) is 81.7 Å². The highest BCUT2D eigenvalue weighted by molar-refractivity contribution is 6.20. The average Bonchev–Trinajstić information content (AvgIpc) is 3.59. The molecule has 0 spiro atoms. The Hall–Kier alpha value is -3.40. The van der Waals surface area contributed by atoms with Crippen LogP contribution in [0.1, 0.15) is 121 Å². The number of allylic oxidation sites excluding steroid dienone is 5. The van der Waals surface area contributed by atoms with Crippen molar-refractivity contribution in [3.05, 3.63) is 84.1 Å². The van der Waals surface area contributed by atoms with Gasteiger partial charge in [0, 0.05) is 45.1 Å². The molecule has 4 heteroatoms. The Kier molecular flexibility index (Phi) is 6.24. The maximum atomic E-state index is 3.94. The molecule has 2 aromatic rings. The number of nitrogens with one attached hydrogen (secondary N) is 1. The van der Waals surface area contributed by atoms with Gasteiger partial charge >= 0.3 is 5.79 Å². The lowest BCUT2D eigenvalue weighted by Gasteiger charge is -2.33. The third kappa shape index (κ3) is 3.30. The van der Waals surface area contributed by atoms with Gasteiger partial charge in [0.1, 0.15) is 0 Å². The molecular formula is C38H48N4+2. The maximum absolute atomic E-state index is 3.94. The van der Waals surface area contributed by atoms with Crippen LogP contribution < -0.4 is 10.7 Å². The van der Waals surface area contributed by atoms with Crippen molar-refractivity contribution in [2.24, 2.45) is 0 Å². The Morgan fingerprint density at radius 2 is 1.26 bits per heavy atom. The molecule has 42 heavy (non-hydrogen) atoms. The van der Waals surface area contributed by atoms with Crippen LogP contribution >= 0.6 is 0 Å². The quantitative estimate of drug-likeness (QED) is 0.336. The van der Waals surface area contributed by atoms with E-state index in [0.29, 0.717) is 0 Å². The summed E-state index contributed by atoms with van der Waals surface area (Å²) in [4.78, 5) is 3.94. The first-order valence-electron chi connectivity index (χ1n) is 16.6. The standard InChI is InChI=1S/C38H47N4/c1-10-14-26-22(5)30-18-35-27(15-11-2)24(7)33-20-34-25(8)29(17-13-4)37-21-36-28(16-12-3)23(6)32(19-31(26)39-30)40(36)38(9,41(33)35)42(34)37/h18-21H,10-17H2,1-9H3/q+1/p+1. The van der Waals surface area contributed by atoms with Crippen molar-refractivity contribution in [2.75, 3.05) is 0 Å². The predicted octanol–water partition coefficient (Wildman–Crippen LogP) is 7.01. The van der Waals surface area contributed by atoms with Crippen molar-refractivity contribution in [2.45, 2.75) is 119 Å². The summed E-state index contributed by atoms with van der Waals surface area (Å²) in [7, 11) is 0. The van der Waals surface area contributed by atoms with Gasteiger partial charge in [-0.25, -0.2) is 4.57 Å². The van der Waals surface area contributed by atoms with Crippen LogP contribution in [0.15, 0.2) is 39.8 Å². The first kappa shape index (κ1) is 27.4. The molecule has 7 heterocycles. The van der Waals surface area contributed by atoms with Crippen molar-refractivity contribution < 1.29 is 9.15 Å². The highest BCUT2D eigenvalue weighted by Gasteiger charge is 2.65. The first-order chi connectivity index (χ1) is 20.2. The SMILES string of the molecule is CCCC1=C(C)C2=[N+]3C1=CC1=[N+]4C(=Cc5c(C)c(CCC)c(n5C34C)C=c3[nH]c(c(CCC)c3C)=C2)C(C)=C1CCC. The van der Waals surface area contributed by atoms with Gasteiger partial charge in [-0.15, -0.1) is 9.15 Å². The first-order valence-corrected chi connectivity index (χ1v) is 16.6. The molecule has 0 amide bonds. The number of rotatable bonds is 8. The van der Waals surface area contributed by atoms with Crippen LogP contribution in [0.3, 0.4) is 0 Å². The smallest absolute Gasteiger partial charge is 0.355 e. The summed E-state index contributed by atoms with van der Waals surface area (Å²) in [5, 5.41) is 2.55. The van der Waals surface area contributed by atoms with E-state index in [1.807, 2.05) is 0 Å². The minimum Gasteiger partial charge on any atom is -0.355 e. The summed E-state index contributed by atoms with van der Waals surface area (Å²) in [5.74, 6) is -0.433. The topological polar surface area (TPSA) is 26.7 Å². The molecule has 1 N–H and O–H groups in total. The second-order valence-electron chi connectivity index (χ2n) is 13.2. The number of aromatic nitrogens is 2. The molecule has 2 bridgehead atoms. The molecule has 0 radical (unpaired) electrons. The summed E-state index contributed by atoms with van der Waals surface area (Å²) in [5.41, 5.74) is 20.0. The zero-order valence-corrected chi connectivity index (χ0v) is 27.3. The van der Waals surface area contributed by atoms with Gasteiger partial charge in [0.05, 0.1) is 24.4 Å². The van der Waals surface area contributed by atoms with Gasteiger partial charge in [0.25, 0.3) is 0 Å². The van der Waals surface area contributed by atoms with Gasteiger partial charge in [-0.1, -0.05) is 53.4 Å². The number of H-pyrrole nitrogens is 1. The Balaban J connectivity index is 1.72. The lowest BCUT2D eigenvalue weighted by atomic mass is 9.96. The molecule has 7 rings (SSSR count). The van der Waals surface area contributed by atoms with E-state index in [-0.39, 0.29) is 0 Å². The fourth-order valence-corrected chi connectivity index (χ4v) is 8.73. The molecule has 0 aliphatic carbocycles. The zero-order chi connectivity index (χ0) is 29.7. The third-order valence-electron chi connectivity index (χ3n) is 10.7. The number of fused-ring (bicyclic) bond motifs is 2. The lowest BCUT2D eigenvalue weighted by Crippen LogP contribution is -2.57. The fraction of sp³-hybridized carbons (Fsp3) is 0.474. The Morgan fingerprint density at radius 3 is 1.95 bits per heavy atom. The fourth-order valence-electron chi connectivity index (χ4n) is 8.73. The van der Waals surface area contributed by atoms with Crippen LogP contribution in [-0.2, 0) is 18.6 Å². The van der Waals surface area contributed by atoms with Gasteiger partial charge < -0.3 is 4.98 Å². The van der Waals surface area contributed by atoms with E-state index in [1.54, 1.807) is 0 Å². The molecule has 5 aliphatic heterocycles. The lowest BCUT2D eigenvalue weighted by molar-refractivity contribution is -0.821. The molecule has 0 fully saturated rings. The van der Waals surface area contributed by atoms with E-state index in [1.165, 1.54) is 89.4 Å². The van der Waals surface area contributed by atoms with Gasteiger partial charge in [-0.3, -0.25) is 0 Å². The summed E-state index contributed by atoms with van der Waals surface area (Å²) in [6, 6.07) is 0. The van der Waals surface area contributed by atoms with Crippen LogP contribution in [0.4, 0.5) is 0 Å². The molecular weight excluding hydrogens is 512 g/mol. The van der Waals surface area contributed by atoms with Gasteiger partial charge in [0.2, 0.25) is 22.8 Å². The van der Waals surface area contributed by atoms with Gasteiger partial charge in [0.15, 0.2) is 0 Å². The Bertz CT molecular complexity index is 1900. The Labute approximate surface area is 251 Å². The number of hydrogen-bond donors (Lipinski definition) is 1. The molecule has 4 nitrogen and oxygen atoms in total. The Morgan fingerprint density at radius 1 is 0.619 bits per heavy atom. The second-order valence-corrected chi connectivity index (χ2v) is 13.2. The van der Waals surface area contributed by atoms with Crippen LogP contribution in [0.2, 0.25) is 0 Å². The minimum atomic E-state index is -0.433. The number of aromatic amines is 1. The van der Waals surface area contributed by atoms with Crippen molar-refractivity contribution >= 4 is 29.7 Å². The highest BCUT2D eigenvalue weighted by Crippen LogP contribution is 2.50. The van der Waals surface area contributed by atoms with Crippen LogP contribution in [-0.4, -0.2) is 30.1 Å². The molecule has 0 saturated carbocycles. The average molecular weight is 561 g/mol. The molecule has 1 unspecified atom stereocenters. The molecule has 0 aromatic carbocycles. The summed E-state index contributed by atoms with van der Waals surface area (Å²) in [6.45, 7) is 21.2. The summed E-state index contributed by atoms with van der Waals surface area (Å²) >= 11 is 0. The normalized spacial score (nSPS) is 21.6.